The Kier molecular flexibility index (Phi) is 8.31. The van der Waals surface area contributed by atoms with Gasteiger partial charge in [0.05, 0.1) is 31.5 Å². The van der Waals surface area contributed by atoms with Crippen molar-refractivity contribution in [2.24, 2.45) is 5.73 Å². The standard InChI is InChI=1S/C24H26ClF3N4O4S2/c1-35-15-4-3-14(21(9-15)36-2)13-32(23-30-7-8-37-23)38(33,34)22-10-16(25)20(11-17(22)26)31-19-5-6-24(27,28)12-18(19)29/h3-4,7-11,18-19,31H,5-6,12-13,29H2,1-2H3. The number of nitrogens with one attached hydrogen (secondary N) is 1. The van der Waals surface area contributed by atoms with Gasteiger partial charge in [-0.05, 0) is 30.7 Å². The maximum absolute atomic E-state index is 15.4. The highest BCUT2D eigenvalue weighted by molar-refractivity contribution is 7.93. The number of nitrogens with two attached hydrogens (primary N) is 1. The van der Waals surface area contributed by atoms with Crippen molar-refractivity contribution in [1.82, 2.24) is 4.98 Å². The molecule has 0 amide bonds. The molecule has 4 rings (SSSR count). The minimum atomic E-state index is -4.51. The molecule has 14 heteroatoms. The largest absolute Gasteiger partial charge is 0.497 e. The smallest absolute Gasteiger partial charge is 0.269 e. The summed E-state index contributed by atoms with van der Waals surface area (Å²) in [5.74, 6) is -3.06. The van der Waals surface area contributed by atoms with Gasteiger partial charge in [0.15, 0.2) is 5.13 Å². The summed E-state index contributed by atoms with van der Waals surface area (Å²) in [6, 6.07) is 5.34. The number of alkyl halides is 2. The zero-order valence-electron chi connectivity index (χ0n) is 20.5. The Morgan fingerprint density at radius 1 is 1.26 bits per heavy atom. The van der Waals surface area contributed by atoms with Gasteiger partial charge in [-0.25, -0.2) is 30.9 Å². The molecule has 8 nitrogen and oxygen atoms in total. The van der Waals surface area contributed by atoms with E-state index >= 15 is 4.39 Å². The molecule has 38 heavy (non-hydrogen) atoms. The predicted octanol–water partition coefficient (Wildman–Crippen LogP) is 5.28. The third-order valence-corrected chi connectivity index (χ3v) is 9.22. The Labute approximate surface area is 227 Å². The number of ether oxygens (including phenoxy) is 2. The number of aromatic nitrogens is 1. The van der Waals surface area contributed by atoms with E-state index < -0.39 is 45.2 Å². The van der Waals surface area contributed by atoms with E-state index in [0.29, 0.717) is 17.1 Å². The van der Waals surface area contributed by atoms with Crippen molar-refractivity contribution in [2.45, 2.75) is 48.7 Å². The van der Waals surface area contributed by atoms with Crippen molar-refractivity contribution in [3.05, 3.63) is 58.3 Å². The lowest BCUT2D eigenvalue weighted by atomic mass is 9.88. The zero-order valence-corrected chi connectivity index (χ0v) is 22.8. The number of sulfonamides is 1. The van der Waals surface area contributed by atoms with Gasteiger partial charge >= 0.3 is 0 Å². The molecule has 0 aliphatic heterocycles. The van der Waals surface area contributed by atoms with Crippen LogP contribution in [0.1, 0.15) is 24.8 Å². The van der Waals surface area contributed by atoms with Crippen molar-refractivity contribution in [1.29, 1.82) is 0 Å². The Balaban J connectivity index is 1.67. The van der Waals surface area contributed by atoms with Gasteiger partial charge in [-0.2, -0.15) is 0 Å². The molecule has 2 aromatic carbocycles. The fourth-order valence-electron chi connectivity index (χ4n) is 4.24. The van der Waals surface area contributed by atoms with Crippen molar-refractivity contribution in [3.8, 4) is 11.5 Å². The summed E-state index contributed by atoms with van der Waals surface area (Å²) in [7, 11) is -1.58. The van der Waals surface area contributed by atoms with Gasteiger partial charge in [0.25, 0.3) is 10.0 Å². The van der Waals surface area contributed by atoms with Crippen molar-refractivity contribution >= 4 is 43.8 Å². The fraction of sp³-hybridized carbons (Fsp3) is 0.375. The van der Waals surface area contributed by atoms with Crippen LogP contribution < -0.4 is 24.8 Å². The number of hydrogen-bond acceptors (Lipinski definition) is 8. The summed E-state index contributed by atoms with van der Waals surface area (Å²) in [6.45, 7) is -0.217. The van der Waals surface area contributed by atoms with Crippen LogP contribution >= 0.6 is 22.9 Å². The zero-order chi connectivity index (χ0) is 27.7. The number of halogens is 4. The molecule has 1 saturated carbocycles. The van der Waals surface area contributed by atoms with E-state index in [-0.39, 0.29) is 35.2 Å². The van der Waals surface area contributed by atoms with Gasteiger partial charge in [0, 0.05) is 48.1 Å². The Hall–Kier alpha value is -2.74. The molecule has 1 aliphatic rings. The predicted molar refractivity (Wildman–Crippen MR) is 141 cm³/mol. The molecule has 3 N–H and O–H groups in total. The molecular weight excluding hydrogens is 565 g/mol. The minimum absolute atomic E-state index is 0.0493. The summed E-state index contributed by atoms with van der Waals surface area (Å²) in [4.78, 5) is 3.45. The van der Waals surface area contributed by atoms with Crippen LogP contribution in [0.2, 0.25) is 5.02 Å². The molecule has 2 unspecified atom stereocenters. The van der Waals surface area contributed by atoms with Crippen LogP contribution in [-0.2, 0) is 16.6 Å². The van der Waals surface area contributed by atoms with Gasteiger partial charge in [0.2, 0.25) is 5.92 Å². The topological polar surface area (TPSA) is 107 Å². The number of methoxy groups -OCH3 is 2. The van der Waals surface area contributed by atoms with Crippen LogP contribution in [0.4, 0.5) is 24.0 Å². The van der Waals surface area contributed by atoms with Crippen molar-refractivity contribution in [2.75, 3.05) is 23.8 Å². The molecule has 1 heterocycles. The number of benzene rings is 2. The second-order valence-electron chi connectivity index (χ2n) is 8.78. The number of rotatable bonds is 9. The normalized spacial score (nSPS) is 19.1. The van der Waals surface area contributed by atoms with E-state index in [4.69, 9.17) is 26.8 Å². The third kappa shape index (κ3) is 5.95. The van der Waals surface area contributed by atoms with Gasteiger partial charge in [-0.15, -0.1) is 11.3 Å². The summed E-state index contributed by atoms with van der Waals surface area (Å²) in [6.07, 6.45) is 0.589. The molecule has 1 fully saturated rings. The van der Waals surface area contributed by atoms with Crippen LogP contribution in [-0.4, -0.2) is 45.6 Å². The Morgan fingerprint density at radius 3 is 2.66 bits per heavy atom. The highest BCUT2D eigenvalue weighted by Gasteiger charge is 2.40. The number of hydrogen-bond donors (Lipinski definition) is 2. The average Bonchev–Trinajstić information content (AvgIpc) is 3.40. The average molecular weight is 591 g/mol. The van der Waals surface area contributed by atoms with Gasteiger partial charge in [0.1, 0.15) is 22.2 Å². The molecule has 1 aromatic heterocycles. The lowest BCUT2D eigenvalue weighted by Crippen LogP contribution is -2.48. The van der Waals surface area contributed by atoms with Crippen molar-refractivity contribution in [3.63, 3.8) is 0 Å². The fourth-order valence-corrected chi connectivity index (χ4v) is 6.86. The number of nitrogens with zero attached hydrogens (tertiary/aromatic N) is 2. The molecule has 0 bridgehead atoms. The van der Waals surface area contributed by atoms with Gasteiger partial charge in [-0.3, -0.25) is 0 Å². The van der Waals surface area contributed by atoms with E-state index in [1.807, 2.05) is 0 Å². The van der Waals surface area contributed by atoms with Crippen LogP contribution in [0, 0.1) is 5.82 Å². The Morgan fingerprint density at radius 2 is 2.03 bits per heavy atom. The lowest BCUT2D eigenvalue weighted by molar-refractivity contribution is -0.0422. The maximum atomic E-state index is 15.4. The van der Waals surface area contributed by atoms with Crippen LogP contribution in [0.15, 0.2) is 46.8 Å². The molecule has 0 spiro atoms. The number of thiazole rings is 1. The minimum Gasteiger partial charge on any atom is -0.497 e. The summed E-state index contributed by atoms with van der Waals surface area (Å²) < 4.78 is 81.7. The third-order valence-electron chi connectivity index (χ3n) is 6.24. The molecule has 0 saturated heterocycles. The van der Waals surface area contributed by atoms with Crippen LogP contribution in [0.3, 0.4) is 0 Å². The van der Waals surface area contributed by atoms with Crippen LogP contribution in [0.5, 0.6) is 11.5 Å². The second-order valence-corrected chi connectivity index (χ2v) is 11.9. The highest BCUT2D eigenvalue weighted by atomic mass is 35.5. The van der Waals surface area contributed by atoms with E-state index in [0.717, 1.165) is 27.8 Å². The highest BCUT2D eigenvalue weighted by Crippen LogP contribution is 2.38. The molecular formula is C24H26ClF3N4O4S2. The molecule has 206 valence electrons. The molecule has 0 radical (unpaired) electrons. The maximum Gasteiger partial charge on any atom is 0.269 e. The molecule has 3 aromatic rings. The van der Waals surface area contributed by atoms with Crippen LogP contribution in [0.25, 0.3) is 0 Å². The monoisotopic (exact) mass is 590 g/mol. The van der Waals surface area contributed by atoms with Gasteiger partial charge in [-0.1, -0.05) is 11.6 Å². The van der Waals surface area contributed by atoms with E-state index in [9.17, 15) is 17.2 Å². The summed E-state index contributed by atoms with van der Waals surface area (Å²) in [5, 5.41) is 4.50. The number of anilines is 2. The van der Waals surface area contributed by atoms with E-state index in [2.05, 4.69) is 10.3 Å². The Bertz CT molecular complexity index is 1390. The summed E-state index contributed by atoms with van der Waals surface area (Å²) in [5.41, 5.74) is 6.44. The van der Waals surface area contributed by atoms with Gasteiger partial charge < -0.3 is 20.5 Å². The first-order chi connectivity index (χ1) is 17.9. The molecule has 2 atom stereocenters. The lowest BCUT2D eigenvalue weighted by Gasteiger charge is -2.35. The second kappa shape index (κ2) is 11.2. The first-order valence-electron chi connectivity index (χ1n) is 11.5. The first-order valence-corrected chi connectivity index (χ1v) is 14.2. The SMILES string of the molecule is COc1ccc(CN(c2nccs2)S(=O)(=O)c2cc(Cl)c(NC3CCC(F)(F)CC3N)cc2F)c(OC)c1. The summed E-state index contributed by atoms with van der Waals surface area (Å²) >= 11 is 7.41. The quantitative estimate of drug-likeness (QED) is 0.349. The van der Waals surface area contributed by atoms with Crippen molar-refractivity contribution < 1.29 is 31.1 Å². The molecule has 1 aliphatic carbocycles. The first kappa shape index (κ1) is 28.3. The van der Waals surface area contributed by atoms with E-state index in [1.54, 1.807) is 23.6 Å². The van der Waals surface area contributed by atoms with E-state index in [1.165, 1.54) is 20.4 Å².